The zero-order valence-corrected chi connectivity index (χ0v) is 14.0. The van der Waals surface area contributed by atoms with Gasteiger partial charge in [0, 0.05) is 15.7 Å². The average Bonchev–Trinajstić information content (AvgIpc) is 2.47. The summed E-state index contributed by atoms with van der Waals surface area (Å²) in [5, 5.41) is 2.91. The molecule has 0 fully saturated rings. The fourth-order valence-corrected chi connectivity index (χ4v) is 2.68. The van der Waals surface area contributed by atoms with E-state index in [2.05, 4.69) is 34.8 Å². The van der Waals surface area contributed by atoms with E-state index in [4.69, 9.17) is 0 Å². The second-order valence-electron chi connectivity index (χ2n) is 4.84. The van der Waals surface area contributed by atoms with E-state index in [1.54, 1.807) is 12.1 Å². The standard InChI is InChI=1S/C17H17FINO/c1-2-3-8-20-17(21)14-9-13(10-16(19)11-14)12-4-6-15(18)7-5-12/h4-7,9-11H,2-3,8H2,1H3,(H,20,21). The molecule has 0 aliphatic rings. The SMILES string of the molecule is CCCCNC(=O)c1cc(I)cc(-c2ccc(F)cc2)c1. The van der Waals surface area contributed by atoms with Gasteiger partial charge in [0.2, 0.25) is 0 Å². The lowest BCUT2D eigenvalue weighted by atomic mass is 10.0. The van der Waals surface area contributed by atoms with Gasteiger partial charge in [0.25, 0.3) is 5.91 Å². The number of unbranched alkanes of at least 4 members (excludes halogenated alkanes) is 1. The molecule has 2 aromatic carbocycles. The molecule has 1 amide bonds. The molecule has 0 radical (unpaired) electrons. The summed E-state index contributed by atoms with van der Waals surface area (Å²) in [6.07, 6.45) is 2.02. The molecule has 2 nitrogen and oxygen atoms in total. The smallest absolute Gasteiger partial charge is 0.251 e. The lowest BCUT2D eigenvalue weighted by molar-refractivity contribution is 0.0953. The maximum Gasteiger partial charge on any atom is 0.251 e. The second-order valence-corrected chi connectivity index (χ2v) is 6.09. The van der Waals surface area contributed by atoms with Crippen molar-refractivity contribution >= 4 is 28.5 Å². The largest absolute Gasteiger partial charge is 0.352 e. The molecule has 2 aromatic rings. The molecular weight excluding hydrogens is 380 g/mol. The third-order valence-corrected chi connectivity index (χ3v) is 3.78. The Balaban J connectivity index is 2.24. The normalized spacial score (nSPS) is 10.4. The summed E-state index contributed by atoms with van der Waals surface area (Å²) in [4.78, 5) is 12.1. The Kier molecular flexibility index (Phi) is 5.73. The van der Waals surface area contributed by atoms with Crippen LogP contribution in [0, 0.1) is 9.39 Å². The lowest BCUT2D eigenvalue weighted by Gasteiger charge is -2.08. The highest BCUT2D eigenvalue weighted by molar-refractivity contribution is 14.1. The molecule has 0 unspecified atom stereocenters. The molecule has 0 saturated heterocycles. The van der Waals surface area contributed by atoms with Crippen LogP contribution < -0.4 is 5.32 Å². The Bertz CT molecular complexity index is 625. The Morgan fingerprint density at radius 3 is 2.52 bits per heavy atom. The fourth-order valence-electron chi connectivity index (χ4n) is 2.01. The average molecular weight is 397 g/mol. The van der Waals surface area contributed by atoms with Gasteiger partial charge in [-0.3, -0.25) is 4.79 Å². The van der Waals surface area contributed by atoms with Crippen molar-refractivity contribution in [1.82, 2.24) is 5.32 Å². The highest BCUT2D eigenvalue weighted by Crippen LogP contribution is 2.23. The molecule has 0 saturated carbocycles. The number of hydrogen-bond donors (Lipinski definition) is 1. The molecule has 0 aliphatic carbocycles. The molecule has 4 heteroatoms. The summed E-state index contributed by atoms with van der Waals surface area (Å²) in [6, 6.07) is 12.0. The summed E-state index contributed by atoms with van der Waals surface area (Å²) in [7, 11) is 0. The summed E-state index contributed by atoms with van der Waals surface area (Å²) in [6.45, 7) is 2.77. The van der Waals surface area contributed by atoms with Crippen molar-refractivity contribution in [1.29, 1.82) is 0 Å². The zero-order chi connectivity index (χ0) is 15.2. The second kappa shape index (κ2) is 7.54. The zero-order valence-electron chi connectivity index (χ0n) is 11.8. The third kappa shape index (κ3) is 4.52. The van der Waals surface area contributed by atoms with Gasteiger partial charge in [0.05, 0.1) is 0 Å². The highest BCUT2D eigenvalue weighted by Gasteiger charge is 2.09. The van der Waals surface area contributed by atoms with Crippen LogP contribution in [-0.2, 0) is 0 Å². The van der Waals surface area contributed by atoms with E-state index in [1.807, 2.05) is 18.2 Å². The van der Waals surface area contributed by atoms with Crippen LogP contribution in [-0.4, -0.2) is 12.5 Å². The fraction of sp³-hybridized carbons (Fsp3) is 0.235. The quantitative estimate of drug-likeness (QED) is 0.579. The summed E-state index contributed by atoms with van der Waals surface area (Å²) >= 11 is 2.19. The van der Waals surface area contributed by atoms with Crippen LogP contribution in [0.25, 0.3) is 11.1 Å². The van der Waals surface area contributed by atoms with E-state index >= 15 is 0 Å². The van der Waals surface area contributed by atoms with Crippen molar-refractivity contribution < 1.29 is 9.18 Å². The first-order valence-electron chi connectivity index (χ1n) is 6.95. The minimum absolute atomic E-state index is 0.0645. The molecule has 110 valence electrons. The Morgan fingerprint density at radius 2 is 1.86 bits per heavy atom. The Labute approximate surface area is 137 Å². The maximum absolute atomic E-state index is 13.0. The Morgan fingerprint density at radius 1 is 1.14 bits per heavy atom. The molecule has 0 atom stereocenters. The van der Waals surface area contributed by atoms with E-state index in [-0.39, 0.29) is 11.7 Å². The number of benzene rings is 2. The number of nitrogens with one attached hydrogen (secondary N) is 1. The number of halogens is 2. The first-order valence-corrected chi connectivity index (χ1v) is 8.02. The number of rotatable bonds is 5. The van der Waals surface area contributed by atoms with Crippen molar-refractivity contribution in [2.24, 2.45) is 0 Å². The van der Waals surface area contributed by atoms with E-state index in [0.717, 1.165) is 27.5 Å². The van der Waals surface area contributed by atoms with E-state index in [9.17, 15) is 9.18 Å². The van der Waals surface area contributed by atoms with Gasteiger partial charge in [-0.15, -0.1) is 0 Å². The molecule has 0 aromatic heterocycles. The van der Waals surface area contributed by atoms with E-state index in [1.165, 1.54) is 12.1 Å². The van der Waals surface area contributed by atoms with E-state index in [0.29, 0.717) is 12.1 Å². The molecule has 0 aliphatic heterocycles. The van der Waals surface area contributed by atoms with Crippen LogP contribution in [0.3, 0.4) is 0 Å². The van der Waals surface area contributed by atoms with Crippen LogP contribution in [0.1, 0.15) is 30.1 Å². The van der Waals surface area contributed by atoms with Crippen LogP contribution >= 0.6 is 22.6 Å². The molecule has 0 bridgehead atoms. The molecule has 2 rings (SSSR count). The number of carbonyl (C=O) groups excluding carboxylic acids is 1. The Hall–Kier alpha value is -1.43. The van der Waals surface area contributed by atoms with Gasteiger partial charge in [-0.1, -0.05) is 25.5 Å². The van der Waals surface area contributed by atoms with Gasteiger partial charge < -0.3 is 5.32 Å². The van der Waals surface area contributed by atoms with Gasteiger partial charge in [-0.05, 0) is 70.5 Å². The summed E-state index contributed by atoms with van der Waals surface area (Å²) in [5.74, 6) is -0.327. The highest BCUT2D eigenvalue weighted by atomic mass is 127. The molecule has 1 N–H and O–H groups in total. The number of carbonyl (C=O) groups is 1. The first-order chi connectivity index (χ1) is 10.1. The third-order valence-electron chi connectivity index (χ3n) is 3.15. The molecule has 0 spiro atoms. The van der Waals surface area contributed by atoms with Crippen molar-refractivity contribution in [3.63, 3.8) is 0 Å². The van der Waals surface area contributed by atoms with Crippen LogP contribution in [0.2, 0.25) is 0 Å². The molecule has 0 heterocycles. The van der Waals surface area contributed by atoms with Crippen molar-refractivity contribution in [2.75, 3.05) is 6.54 Å². The van der Waals surface area contributed by atoms with Gasteiger partial charge in [-0.2, -0.15) is 0 Å². The lowest BCUT2D eigenvalue weighted by Crippen LogP contribution is -2.24. The minimum Gasteiger partial charge on any atom is -0.352 e. The van der Waals surface area contributed by atoms with Crippen LogP contribution in [0.15, 0.2) is 42.5 Å². The van der Waals surface area contributed by atoms with Gasteiger partial charge >= 0.3 is 0 Å². The predicted molar refractivity (Wildman–Crippen MR) is 91.8 cm³/mol. The van der Waals surface area contributed by atoms with Crippen LogP contribution in [0.4, 0.5) is 4.39 Å². The number of amides is 1. The summed E-state index contributed by atoms with van der Waals surface area (Å²) < 4.78 is 14.0. The maximum atomic E-state index is 13.0. The van der Waals surface area contributed by atoms with Crippen molar-refractivity contribution in [3.05, 3.63) is 57.4 Å². The van der Waals surface area contributed by atoms with Crippen LogP contribution in [0.5, 0.6) is 0 Å². The van der Waals surface area contributed by atoms with Crippen molar-refractivity contribution in [3.8, 4) is 11.1 Å². The first kappa shape index (κ1) is 15.9. The molecule has 21 heavy (non-hydrogen) atoms. The van der Waals surface area contributed by atoms with E-state index < -0.39 is 0 Å². The van der Waals surface area contributed by atoms with Gasteiger partial charge in [0.1, 0.15) is 5.82 Å². The predicted octanol–water partition coefficient (Wildman–Crippen LogP) is 4.63. The van der Waals surface area contributed by atoms with Crippen molar-refractivity contribution in [2.45, 2.75) is 19.8 Å². The molecular formula is C17H17FINO. The monoisotopic (exact) mass is 397 g/mol. The van der Waals surface area contributed by atoms with Gasteiger partial charge in [-0.25, -0.2) is 4.39 Å². The topological polar surface area (TPSA) is 29.1 Å². The van der Waals surface area contributed by atoms with Gasteiger partial charge in [0.15, 0.2) is 0 Å². The minimum atomic E-state index is -0.262. The summed E-state index contributed by atoms with van der Waals surface area (Å²) in [5.41, 5.74) is 2.46. The number of hydrogen-bond acceptors (Lipinski definition) is 1.